The van der Waals surface area contributed by atoms with Crippen molar-refractivity contribution in [3.8, 4) is 0 Å². The zero-order chi connectivity index (χ0) is 20.1. The summed E-state index contributed by atoms with van der Waals surface area (Å²) in [6, 6.07) is 12.8. The van der Waals surface area contributed by atoms with E-state index in [0.717, 1.165) is 5.56 Å². The number of carbonyl (C=O) groups excluding carboxylic acids is 3. The minimum absolute atomic E-state index is 0.0188. The molecule has 1 saturated heterocycles. The van der Waals surface area contributed by atoms with Crippen molar-refractivity contribution >= 4 is 35.1 Å². The molecule has 2 aromatic carbocycles. The number of nitrogens with one attached hydrogen (secondary N) is 1. The molecule has 0 aliphatic carbocycles. The summed E-state index contributed by atoms with van der Waals surface area (Å²) in [4.78, 5) is 37.4. The van der Waals surface area contributed by atoms with Crippen LogP contribution in [-0.4, -0.2) is 30.9 Å². The van der Waals surface area contributed by atoms with Crippen LogP contribution < -0.4 is 10.2 Å². The Morgan fingerprint density at radius 3 is 2.61 bits per heavy atom. The number of esters is 1. The predicted octanol–water partition coefficient (Wildman–Crippen LogP) is 2.69. The molecule has 1 N–H and O–H groups in total. The Bertz CT molecular complexity index is 888. The van der Waals surface area contributed by atoms with E-state index in [-0.39, 0.29) is 31.1 Å². The summed E-state index contributed by atoms with van der Waals surface area (Å²) in [6.45, 7) is -0.154. The lowest BCUT2D eigenvalue weighted by Crippen LogP contribution is -2.31. The van der Waals surface area contributed by atoms with E-state index in [1.807, 2.05) is 0 Å². The van der Waals surface area contributed by atoms with Gasteiger partial charge in [-0.15, -0.1) is 0 Å². The highest BCUT2D eigenvalue weighted by atomic mass is 35.5. The monoisotopic (exact) mass is 404 g/mol. The fourth-order valence-electron chi connectivity index (χ4n) is 2.88. The maximum Gasteiger partial charge on any atom is 0.311 e. The highest BCUT2D eigenvalue weighted by Gasteiger charge is 2.37. The molecular weight excluding hydrogens is 387 g/mol. The summed E-state index contributed by atoms with van der Waals surface area (Å²) in [5.74, 6) is -2.76. The molecular formula is C20H18ClFN2O4. The van der Waals surface area contributed by atoms with Gasteiger partial charge in [0.25, 0.3) is 5.91 Å². The first kappa shape index (κ1) is 19.8. The summed E-state index contributed by atoms with van der Waals surface area (Å²) in [5.41, 5.74) is 0.981. The van der Waals surface area contributed by atoms with Crippen LogP contribution in [0, 0.1) is 11.7 Å². The number of nitrogens with zero attached hydrogens (tertiary/aromatic N) is 1. The molecule has 2 amide bonds. The molecule has 28 heavy (non-hydrogen) atoms. The molecule has 1 atom stereocenters. The molecule has 0 bridgehead atoms. The highest BCUT2D eigenvalue weighted by Crippen LogP contribution is 2.27. The number of hydrogen-bond donors (Lipinski definition) is 1. The van der Waals surface area contributed by atoms with Gasteiger partial charge >= 0.3 is 5.97 Å². The predicted molar refractivity (Wildman–Crippen MR) is 101 cm³/mol. The molecule has 8 heteroatoms. The number of carbonyl (C=O) groups is 3. The first-order chi connectivity index (χ1) is 13.4. The van der Waals surface area contributed by atoms with E-state index in [1.54, 1.807) is 30.3 Å². The number of hydrogen-bond acceptors (Lipinski definition) is 4. The first-order valence-electron chi connectivity index (χ1n) is 8.66. The average Bonchev–Trinajstić information content (AvgIpc) is 3.07. The van der Waals surface area contributed by atoms with Crippen LogP contribution in [0.3, 0.4) is 0 Å². The Balaban J connectivity index is 1.47. The van der Waals surface area contributed by atoms with E-state index in [1.165, 1.54) is 23.1 Å². The number of para-hydroxylation sites is 1. The molecule has 0 spiro atoms. The van der Waals surface area contributed by atoms with E-state index >= 15 is 0 Å². The Morgan fingerprint density at radius 1 is 1.18 bits per heavy atom. The van der Waals surface area contributed by atoms with E-state index in [4.69, 9.17) is 16.3 Å². The van der Waals surface area contributed by atoms with Gasteiger partial charge in [-0.05, 0) is 29.8 Å². The van der Waals surface area contributed by atoms with Crippen molar-refractivity contribution in [2.75, 3.05) is 18.1 Å². The maximum atomic E-state index is 13.9. The number of ether oxygens (including phenoxy) is 1. The van der Waals surface area contributed by atoms with E-state index < -0.39 is 30.2 Å². The van der Waals surface area contributed by atoms with Gasteiger partial charge in [0.1, 0.15) is 5.82 Å². The fraction of sp³-hybridized carbons (Fsp3) is 0.250. The quantitative estimate of drug-likeness (QED) is 0.751. The molecule has 6 nitrogen and oxygen atoms in total. The van der Waals surface area contributed by atoms with Gasteiger partial charge in [-0.3, -0.25) is 14.4 Å². The summed E-state index contributed by atoms with van der Waals surface area (Å²) in [6.07, 6.45) is -0.0838. The third-order valence-corrected chi connectivity index (χ3v) is 4.60. The molecule has 1 heterocycles. The number of halogens is 2. The van der Waals surface area contributed by atoms with Crippen molar-refractivity contribution in [3.63, 3.8) is 0 Å². The lowest BCUT2D eigenvalue weighted by Gasteiger charge is -2.17. The second kappa shape index (κ2) is 8.84. The highest BCUT2D eigenvalue weighted by molar-refractivity contribution is 6.30. The zero-order valence-corrected chi connectivity index (χ0v) is 15.6. The van der Waals surface area contributed by atoms with Crippen LogP contribution in [-0.2, 0) is 25.7 Å². The van der Waals surface area contributed by atoms with Crippen molar-refractivity contribution in [1.29, 1.82) is 0 Å². The largest absolute Gasteiger partial charge is 0.455 e. The molecule has 1 fully saturated rings. The van der Waals surface area contributed by atoms with Crippen LogP contribution in [0.4, 0.5) is 10.1 Å². The van der Waals surface area contributed by atoms with Gasteiger partial charge in [-0.1, -0.05) is 35.9 Å². The van der Waals surface area contributed by atoms with E-state index in [2.05, 4.69) is 5.32 Å². The molecule has 3 rings (SSSR count). The molecule has 0 saturated carbocycles. The molecule has 1 aliphatic rings. The molecule has 2 aromatic rings. The lowest BCUT2D eigenvalue weighted by atomic mass is 10.1. The summed E-state index contributed by atoms with van der Waals surface area (Å²) in [5, 5.41) is 3.23. The van der Waals surface area contributed by atoms with Crippen molar-refractivity contribution in [2.24, 2.45) is 5.92 Å². The Hall–Kier alpha value is -2.93. The van der Waals surface area contributed by atoms with Crippen LogP contribution in [0.5, 0.6) is 0 Å². The Kier molecular flexibility index (Phi) is 6.26. The van der Waals surface area contributed by atoms with Crippen LogP contribution in [0.15, 0.2) is 48.5 Å². The first-order valence-corrected chi connectivity index (χ1v) is 9.04. The summed E-state index contributed by atoms with van der Waals surface area (Å²) >= 11 is 5.80. The van der Waals surface area contributed by atoms with Gasteiger partial charge < -0.3 is 15.0 Å². The van der Waals surface area contributed by atoms with Crippen molar-refractivity contribution in [2.45, 2.75) is 13.0 Å². The van der Waals surface area contributed by atoms with Crippen LogP contribution >= 0.6 is 11.6 Å². The van der Waals surface area contributed by atoms with E-state index in [9.17, 15) is 18.8 Å². The Labute approximate surface area is 166 Å². The van der Waals surface area contributed by atoms with Crippen LogP contribution in [0.2, 0.25) is 5.02 Å². The normalized spacial score (nSPS) is 16.1. The second-order valence-electron chi connectivity index (χ2n) is 6.37. The van der Waals surface area contributed by atoms with Gasteiger partial charge in [-0.2, -0.15) is 0 Å². The van der Waals surface area contributed by atoms with Crippen molar-refractivity contribution in [1.82, 2.24) is 5.32 Å². The maximum absolute atomic E-state index is 13.9. The third kappa shape index (κ3) is 4.86. The molecule has 0 unspecified atom stereocenters. The number of amides is 2. The van der Waals surface area contributed by atoms with Crippen LogP contribution in [0.1, 0.15) is 12.0 Å². The summed E-state index contributed by atoms with van der Waals surface area (Å²) < 4.78 is 18.9. The fourth-order valence-corrected chi connectivity index (χ4v) is 3.00. The second-order valence-corrected chi connectivity index (χ2v) is 6.80. The topological polar surface area (TPSA) is 75.7 Å². The van der Waals surface area contributed by atoms with Gasteiger partial charge in [0.2, 0.25) is 5.91 Å². The van der Waals surface area contributed by atoms with Crippen LogP contribution in [0.25, 0.3) is 0 Å². The number of benzene rings is 2. The standard InChI is InChI=1S/C20H18ClFN2O4/c21-15-7-5-13(6-8-15)10-23-18(25)12-28-20(27)14-9-19(26)24(11-14)17-4-2-1-3-16(17)22/h1-8,14H,9-12H2,(H,23,25)/t14-/m1/s1. The molecule has 1 aliphatic heterocycles. The van der Waals surface area contributed by atoms with Gasteiger partial charge in [-0.25, -0.2) is 4.39 Å². The lowest BCUT2D eigenvalue weighted by molar-refractivity contribution is -0.152. The summed E-state index contributed by atoms with van der Waals surface area (Å²) in [7, 11) is 0. The van der Waals surface area contributed by atoms with Crippen molar-refractivity contribution < 1.29 is 23.5 Å². The van der Waals surface area contributed by atoms with Gasteiger partial charge in [0, 0.05) is 24.5 Å². The minimum atomic E-state index is -0.740. The third-order valence-electron chi connectivity index (χ3n) is 4.35. The smallest absolute Gasteiger partial charge is 0.311 e. The van der Waals surface area contributed by atoms with Gasteiger partial charge in [0.15, 0.2) is 6.61 Å². The molecule has 146 valence electrons. The SMILES string of the molecule is O=C(COC(=O)[C@@H]1CC(=O)N(c2ccccc2F)C1)NCc1ccc(Cl)cc1. The zero-order valence-electron chi connectivity index (χ0n) is 14.9. The number of anilines is 1. The molecule has 0 radical (unpaired) electrons. The van der Waals surface area contributed by atoms with E-state index in [0.29, 0.717) is 5.02 Å². The number of rotatable bonds is 6. The Morgan fingerprint density at radius 2 is 1.89 bits per heavy atom. The molecule has 0 aromatic heterocycles. The van der Waals surface area contributed by atoms with Crippen molar-refractivity contribution in [3.05, 3.63) is 64.9 Å². The van der Waals surface area contributed by atoms with Gasteiger partial charge in [0.05, 0.1) is 11.6 Å². The average molecular weight is 405 g/mol. The minimum Gasteiger partial charge on any atom is -0.455 e.